The van der Waals surface area contributed by atoms with Crippen LogP contribution in [0.4, 0.5) is 5.69 Å². The number of allylic oxidation sites excluding steroid dienone is 1. The highest BCUT2D eigenvalue weighted by molar-refractivity contribution is 5.54. The number of rotatable bonds is 6. The summed E-state index contributed by atoms with van der Waals surface area (Å²) in [5.41, 5.74) is 5.63. The highest BCUT2D eigenvalue weighted by Crippen LogP contribution is 2.63. The van der Waals surface area contributed by atoms with Crippen LogP contribution in [0.15, 0.2) is 39.9 Å². The minimum Gasteiger partial charge on any atom is -0.381 e. The Morgan fingerprint density at radius 3 is 2.84 bits per heavy atom. The van der Waals surface area contributed by atoms with E-state index in [4.69, 9.17) is 4.52 Å². The Morgan fingerprint density at radius 2 is 2.12 bits per heavy atom. The monoisotopic (exact) mass is 339 g/mol. The van der Waals surface area contributed by atoms with Crippen LogP contribution in [0.5, 0.6) is 0 Å². The molecule has 2 aliphatic rings. The van der Waals surface area contributed by atoms with Crippen molar-refractivity contribution in [3.8, 4) is 0 Å². The third-order valence-electron chi connectivity index (χ3n) is 5.09. The van der Waals surface area contributed by atoms with Crippen LogP contribution in [0.3, 0.4) is 0 Å². The Bertz CT molecular complexity index is 762. The number of hydrogen-bond acceptors (Lipinski definition) is 4. The van der Waals surface area contributed by atoms with Gasteiger partial charge in [0, 0.05) is 18.7 Å². The third-order valence-corrected chi connectivity index (χ3v) is 5.09. The summed E-state index contributed by atoms with van der Waals surface area (Å²) < 4.78 is 5.56. The maximum atomic E-state index is 5.56. The molecule has 0 saturated heterocycles. The van der Waals surface area contributed by atoms with E-state index in [1.807, 2.05) is 13.8 Å². The van der Waals surface area contributed by atoms with Crippen LogP contribution in [-0.2, 0) is 11.8 Å². The van der Waals surface area contributed by atoms with Gasteiger partial charge in [-0.05, 0) is 50.3 Å². The Hall–Kier alpha value is -2.10. The molecule has 4 rings (SSSR count). The number of nitrogens with one attached hydrogen (secondary N) is 1. The molecule has 0 radical (unpaired) electrons. The summed E-state index contributed by atoms with van der Waals surface area (Å²) in [5, 5.41) is 7.68. The van der Waals surface area contributed by atoms with Crippen LogP contribution < -0.4 is 5.32 Å². The van der Waals surface area contributed by atoms with Crippen LogP contribution in [0, 0.1) is 6.92 Å². The predicted molar refractivity (Wildman–Crippen MR) is 102 cm³/mol. The number of hydrogen-bond donors (Lipinski definition) is 1. The molecule has 134 valence electrons. The van der Waals surface area contributed by atoms with Gasteiger partial charge in [-0.15, -0.1) is 0 Å². The van der Waals surface area contributed by atoms with Crippen molar-refractivity contribution < 1.29 is 4.52 Å². The van der Waals surface area contributed by atoms with Gasteiger partial charge >= 0.3 is 0 Å². The summed E-state index contributed by atoms with van der Waals surface area (Å²) >= 11 is 0. The summed E-state index contributed by atoms with van der Waals surface area (Å²) in [6.45, 7) is 9.19. The van der Waals surface area contributed by atoms with E-state index in [-0.39, 0.29) is 5.41 Å². The number of anilines is 1. The fourth-order valence-electron chi connectivity index (χ4n) is 3.72. The van der Waals surface area contributed by atoms with Crippen LogP contribution in [0.2, 0.25) is 0 Å². The molecular formula is C21H29N3O. The molecule has 1 aromatic heterocycles. The van der Waals surface area contributed by atoms with Gasteiger partial charge in [0.05, 0.1) is 5.41 Å². The molecule has 1 saturated carbocycles. The second-order valence-corrected chi connectivity index (χ2v) is 6.83. The number of fused-ring (bicyclic) bond motifs is 1. The quantitative estimate of drug-likeness (QED) is 0.735. The minimum atomic E-state index is 0.0859. The largest absolute Gasteiger partial charge is 0.381 e. The molecule has 1 aromatic carbocycles. The standard InChI is InChI=1S/C19H23N3O.C2H6/c1-3-5-17-21-18(23-22-17)19-9-8-14(16(19)11-19)12-20-15-7-4-6-13(2)10-15;1-2/h4,6-7,10,20H,3,5,8-9,11-12H2,1-2H3;1-2H3. The SMILES string of the molecule is CC.CCCc1noc(C23CCC(CNc4cccc(C)c4)=C2C3)n1. The molecule has 2 aromatic rings. The van der Waals surface area contributed by atoms with E-state index >= 15 is 0 Å². The van der Waals surface area contributed by atoms with Gasteiger partial charge in [-0.2, -0.15) is 4.98 Å². The van der Waals surface area contributed by atoms with E-state index in [9.17, 15) is 0 Å². The lowest BCUT2D eigenvalue weighted by atomic mass is 10.0. The highest BCUT2D eigenvalue weighted by Gasteiger charge is 2.58. The highest BCUT2D eigenvalue weighted by atomic mass is 16.5. The smallest absolute Gasteiger partial charge is 0.237 e. The Balaban J connectivity index is 0.000000880. The zero-order chi connectivity index (χ0) is 17.9. The lowest BCUT2D eigenvalue weighted by Crippen LogP contribution is -2.05. The number of aromatic nitrogens is 2. The predicted octanol–water partition coefficient (Wildman–Crippen LogP) is 5.20. The van der Waals surface area contributed by atoms with Gasteiger partial charge < -0.3 is 9.84 Å². The van der Waals surface area contributed by atoms with E-state index in [1.165, 1.54) is 22.4 Å². The summed E-state index contributed by atoms with van der Waals surface area (Å²) in [5.74, 6) is 1.70. The van der Waals surface area contributed by atoms with Gasteiger partial charge in [0.1, 0.15) is 0 Å². The molecule has 0 spiro atoms. The molecule has 0 bridgehead atoms. The zero-order valence-electron chi connectivity index (χ0n) is 15.9. The van der Waals surface area contributed by atoms with Crippen LogP contribution in [0.25, 0.3) is 0 Å². The van der Waals surface area contributed by atoms with Gasteiger partial charge in [-0.1, -0.05) is 49.2 Å². The molecule has 1 N–H and O–H groups in total. The van der Waals surface area contributed by atoms with Crippen molar-refractivity contribution in [1.82, 2.24) is 10.1 Å². The molecule has 4 heteroatoms. The molecule has 2 aliphatic carbocycles. The number of aryl methyl sites for hydroxylation is 2. The fraction of sp³-hybridized carbons (Fsp3) is 0.524. The summed E-state index contributed by atoms with van der Waals surface area (Å²) in [7, 11) is 0. The van der Waals surface area contributed by atoms with Gasteiger partial charge in [0.2, 0.25) is 5.89 Å². The molecule has 25 heavy (non-hydrogen) atoms. The van der Waals surface area contributed by atoms with Gasteiger partial charge in [-0.3, -0.25) is 0 Å². The average molecular weight is 339 g/mol. The van der Waals surface area contributed by atoms with Crippen molar-refractivity contribution >= 4 is 5.69 Å². The van der Waals surface area contributed by atoms with Gasteiger partial charge in [0.25, 0.3) is 0 Å². The second kappa shape index (κ2) is 7.42. The second-order valence-electron chi connectivity index (χ2n) is 6.83. The van der Waals surface area contributed by atoms with E-state index in [0.717, 1.165) is 50.4 Å². The van der Waals surface area contributed by atoms with Gasteiger partial charge in [0.15, 0.2) is 5.82 Å². The summed E-state index contributed by atoms with van der Waals surface area (Å²) in [4.78, 5) is 4.63. The lowest BCUT2D eigenvalue weighted by molar-refractivity contribution is 0.343. The van der Waals surface area contributed by atoms with Crippen molar-refractivity contribution in [1.29, 1.82) is 0 Å². The number of benzene rings is 1. The first kappa shape index (κ1) is 17.7. The van der Waals surface area contributed by atoms with E-state index in [2.05, 4.69) is 53.6 Å². The van der Waals surface area contributed by atoms with Gasteiger partial charge in [-0.25, -0.2) is 0 Å². The maximum Gasteiger partial charge on any atom is 0.237 e. The van der Waals surface area contributed by atoms with Crippen LogP contribution in [-0.4, -0.2) is 16.7 Å². The van der Waals surface area contributed by atoms with Crippen LogP contribution >= 0.6 is 0 Å². The van der Waals surface area contributed by atoms with Crippen molar-refractivity contribution in [3.63, 3.8) is 0 Å². The molecule has 1 atom stereocenters. The summed E-state index contributed by atoms with van der Waals surface area (Å²) in [6.07, 6.45) is 5.33. The summed E-state index contributed by atoms with van der Waals surface area (Å²) in [6, 6.07) is 8.54. The van der Waals surface area contributed by atoms with Crippen molar-refractivity contribution in [2.24, 2.45) is 0 Å². The van der Waals surface area contributed by atoms with Crippen LogP contribution in [0.1, 0.15) is 63.7 Å². The van der Waals surface area contributed by atoms with E-state index in [1.54, 1.807) is 0 Å². The average Bonchev–Trinajstić information content (AvgIpc) is 3.00. The molecule has 1 heterocycles. The van der Waals surface area contributed by atoms with E-state index < -0.39 is 0 Å². The Morgan fingerprint density at radius 1 is 1.28 bits per heavy atom. The zero-order valence-corrected chi connectivity index (χ0v) is 15.9. The topological polar surface area (TPSA) is 51.0 Å². The van der Waals surface area contributed by atoms with Crippen molar-refractivity contribution in [2.45, 2.75) is 65.2 Å². The molecule has 0 amide bonds. The van der Waals surface area contributed by atoms with Crippen molar-refractivity contribution in [3.05, 3.63) is 52.7 Å². The Kier molecular flexibility index (Phi) is 5.26. The minimum absolute atomic E-state index is 0.0859. The first-order valence-electron chi connectivity index (χ1n) is 9.56. The first-order chi connectivity index (χ1) is 12.2. The lowest BCUT2D eigenvalue weighted by Gasteiger charge is -2.08. The molecule has 1 unspecified atom stereocenters. The third kappa shape index (κ3) is 3.48. The first-order valence-corrected chi connectivity index (χ1v) is 9.56. The normalized spacial score (nSPS) is 20.8. The molecular weight excluding hydrogens is 310 g/mol. The Labute approximate surface area is 150 Å². The van der Waals surface area contributed by atoms with Crippen molar-refractivity contribution in [2.75, 3.05) is 11.9 Å². The fourth-order valence-corrected chi connectivity index (χ4v) is 3.72. The molecule has 0 aliphatic heterocycles. The number of nitrogens with zero attached hydrogens (tertiary/aromatic N) is 2. The molecule has 1 fully saturated rings. The van der Waals surface area contributed by atoms with E-state index in [0.29, 0.717) is 0 Å². The maximum absolute atomic E-state index is 5.56. The molecule has 4 nitrogen and oxygen atoms in total.